The molecular formula is C12H11Br2NO3. The van der Waals surface area contributed by atoms with Crippen LogP contribution in [0.4, 0.5) is 0 Å². The molecule has 1 atom stereocenters. The maximum atomic E-state index is 11.9. The van der Waals surface area contributed by atoms with Crippen LogP contribution >= 0.6 is 31.9 Å². The van der Waals surface area contributed by atoms with E-state index < -0.39 is 17.9 Å². The summed E-state index contributed by atoms with van der Waals surface area (Å²) in [5.74, 6) is -1.52. The zero-order chi connectivity index (χ0) is 13.7. The highest BCUT2D eigenvalue weighted by Gasteiger charge is 2.19. The molecule has 2 N–H and O–H groups in total. The van der Waals surface area contributed by atoms with Gasteiger partial charge in [0.1, 0.15) is 6.04 Å². The van der Waals surface area contributed by atoms with Crippen molar-refractivity contribution < 1.29 is 14.7 Å². The standard InChI is InChI=1S/C12H11Br2NO3/c1-2-3-10(12(17)18)15-11(16)7-4-8(13)6-9(14)5-7/h2,4-6,10H,1,3H2,(H,15,16)(H,17,18). The summed E-state index contributed by atoms with van der Waals surface area (Å²) >= 11 is 6.53. The van der Waals surface area contributed by atoms with Gasteiger partial charge in [0.2, 0.25) is 0 Å². The molecule has 0 aliphatic rings. The van der Waals surface area contributed by atoms with E-state index in [1.165, 1.54) is 6.08 Å². The number of hydrogen-bond donors (Lipinski definition) is 2. The summed E-state index contributed by atoms with van der Waals surface area (Å²) in [7, 11) is 0. The predicted molar refractivity (Wildman–Crippen MR) is 75.5 cm³/mol. The minimum atomic E-state index is -1.09. The number of benzene rings is 1. The molecule has 18 heavy (non-hydrogen) atoms. The summed E-state index contributed by atoms with van der Waals surface area (Å²) < 4.78 is 1.47. The monoisotopic (exact) mass is 375 g/mol. The molecular weight excluding hydrogens is 366 g/mol. The van der Waals surface area contributed by atoms with Crippen LogP contribution in [0.1, 0.15) is 16.8 Å². The summed E-state index contributed by atoms with van der Waals surface area (Å²) in [6.07, 6.45) is 1.63. The van der Waals surface area contributed by atoms with E-state index in [0.29, 0.717) is 5.56 Å². The van der Waals surface area contributed by atoms with Crippen LogP contribution in [0.25, 0.3) is 0 Å². The molecule has 1 aromatic carbocycles. The van der Waals surface area contributed by atoms with Crippen LogP contribution in [0.5, 0.6) is 0 Å². The summed E-state index contributed by atoms with van der Waals surface area (Å²) in [6, 6.07) is 4.06. The Balaban J connectivity index is 2.86. The zero-order valence-corrected chi connectivity index (χ0v) is 12.5. The van der Waals surface area contributed by atoms with Crippen LogP contribution in [-0.2, 0) is 4.79 Å². The minimum Gasteiger partial charge on any atom is -0.480 e. The number of rotatable bonds is 5. The van der Waals surface area contributed by atoms with Gasteiger partial charge in [0.05, 0.1) is 0 Å². The topological polar surface area (TPSA) is 66.4 Å². The number of halogens is 2. The number of carbonyl (C=O) groups is 2. The molecule has 0 saturated carbocycles. The summed E-state index contributed by atoms with van der Waals surface area (Å²) in [5, 5.41) is 11.4. The highest BCUT2D eigenvalue weighted by atomic mass is 79.9. The van der Waals surface area contributed by atoms with Crippen LogP contribution in [-0.4, -0.2) is 23.0 Å². The van der Waals surface area contributed by atoms with Crippen LogP contribution in [0.15, 0.2) is 39.8 Å². The van der Waals surface area contributed by atoms with Crippen LogP contribution in [0.3, 0.4) is 0 Å². The lowest BCUT2D eigenvalue weighted by Gasteiger charge is -2.12. The van der Waals surface area contributed by atoms with Gasteiger partial charge in [-0.2, -0.15) is 0 Å². The summed E-state index contributed by atoms with van der Waals surface area (Å²) in [4.78, 5) is 22.8. The Hall–Kier alpha value is -1.14. The van der Waals surface area contributed by atoms with Gasteiger partial charge in [0.15, 0.2) is 0 Å². The Morgan fingerprint density at radius 3 is 2.33 bits per heavy atom. The first-order valence-corrected chi connectivity index (χ1v) is 6.63. The quantitative estimate of drug-likeness (QED) is 0.776. The van der Waals surface area contributed by atoms with Gasteiger partial charge in [0.25, 0.3) is 5.91 Å². The average Bonchev–Trinajstić information content (AvgIpc) is 2.26. The Morgan fingerprint density at radius 1 is 1.33 bits per heavy atom. The third-order valence-corrected chi connectivity index (χ3v) is 3.05. The molecule has 0 saturated heterocycles. The van der Waals surface area contributed by atoms with Crippen molar-refractivity contribution in [2.24, 2.45) is 0 Å². The van der Waals surface area contributed by atoms with Gasteiger partial charge in [-0.15, -0.1) is 6.58 Å². The lowest BCUT2D eigenvalue weighted by atomic mass is 10.1. The first kappa shape index (κ1) is 14.9. The van der Waals surface area contributed by atoms with Crippen LogP contribution in [0.2, 0.25) is 0 Å². The first-order chi connectivity index (χ1) is 8.43. The van der Waals surface area contributed by atoms with E-state index in [-0.39, 0.29) is 6.42 Å². The molecule has 0 aliphatic carbocycles. The molecule has 1 amide bonds. The lowest BCUT2D eigenvalue weighted by molar-refractivity contribution is -0.139. The number of carboxylic acids is 1. The smallest absolute Gasteiger partial charge is 0.326 e. The van der Waals surface area contributed by atoms with Gasteiger partial charge in [-0.05, 0) is 24.6 Å². The Kier molecular flexibility index (Phi) is 5.55. The van der Waals surface area contributed by atoms with Crippen molar-refractivity contribution in [3.8, 4) is 0 Å². The first-order valence-electron chi connectivity index (χ1n) is 5.04. The Labute approximate surface area is 121 Å². The second-order valence-corrected chi connectivity index (χ2v) is 5.38. The van der Waals surface area contributed by atoms with Crippen LogP contribution in [0, 0.1) is 0 Å². The minimum absolute atomic E-state index is 0.177. The largest absolute Gasteiger partial charge is 0.480 e. The molecule has 1 rings (SSSR count). The summed E-state index contributed by atoms with van der Waals surface area (Å²) in [5.41, 5.74) is 0.381. The normalized spacial score (nSPS) is 11.7. The average molecular weight is 377 g/mol. The van der Waals surface area contributed by atoms with E-state index in [1.807, 2.05) is 0 Å². The molecule has 96 valence electrons. The number of amides is 1. The molecule has 0 radical (unpaired) electrons. The van der Waals surface area contributed by atoms with E-state index in [2.05, 4.69) is 43.8 Å². The number of nitrogens with one attached hydrogen (secondary N) is 1. The predicted octanol–water partition coefficient (Wildman–Crippen LogP) is 2.97. The van der Waals surface area contributed by atoms with Crippen molar-refractivity contribution in [3.05, 3.63) is 45.4 Å². The maximum Gasteiger partial charge on any atom is 0.326 e. The van der Waals surface area contributed by atoms with E-state index >= 15 is 0 Å². The number of hydrogen-bond acceptors (Lipinski definition) is 2. The summed E-state index contributed by atoms with van der Waals surface area (Å²) in [6.45, 7) is 3.46. The molecule has 0 bridgehead atoms. The van der Waals surface area contributed by atoms with E-state index in [4.69, 9.17) is 5.11 Å². The third kappa shape index (κ3) is 4.27. The van der Waals surface area contributed by atoms with Gasteiger partial charge in [-0.25, -0.2) is 4.79 Å². The van der Waals surface area contributed by atoms with Gasteiger partial charge >= 0.3 is 5.97 Å². The molecule has 0 fully saturated rings. The highest BCUT2D eigenvalue weighted by molar-refractivity contribution is 9.11. The van der Waals surface area contributed by atoms with Crippen molar-refractivity contribution in [3.63, 3.8) is 0 Å². The third-order valence-electron chi connectivity index (χ3n) is 2.13. The van der Waals surface area contributed by atoms with Gasteiger partial charge in [-0.1, -0.05) is 37.9 Å². The highest BCUT2D eigenvalue weighted by Crippen LogP contribution is 2.20. The van der Waals surface area contributed by atoms with Gasteiger partial charge in [0, 0.05) is 14.5 Å². The van der Waals surface area contributed by atoms with Crippen LogP contribution < -0.4 is 5.32 Å². The Morgan fingerprint density at radius 2 is 1.89 bits per heavy atom. The van der Waals surface area contributed by atoms with Crippen molar-refractivity contribution in [2.45, 2.75) is 12.5 Å². The van der Waals surface area contributed by atoms with E-state index in [1.54, 1.807) is 18.2 Å². The van der Waals surface area contributed by atoms with E-state index in [9.17, 15) is 9.59 Å². The Bertz CT molecular complexity index is 468. The second-order valence-electron chi connectivity index (χ2n) is 3.55. The molecule has 1 aromatic rings. The molecule has 6 heteroatoms. The number of aliphatic carboxylic acids is 1. The fourth-order valence-electron chi connectivity index (χ4n) is 1.31. The molecule has 1 unspecified atom stereocenters. The maximum absolute atomic E-state index is 11.9. The van der Waals surface area contributed by atoms with Crippen molar-refractivity contribution in [1.82, 2.24) is 5.32 Å². The molecule has 0 spiro atoms. The lowest BCUT2D eigenvalue weighted by Crippen LogP contribution is -2.40. The van der Waals surface area contributed by atoms with E-state index in [0.717, 1.165) is 8.95 Å². The number of carboxylic acid groups (broad SMARTS) is 1. The van der Waals surface area contributed by atoms with Crippen molar-refractivity contribution >= 4 is 43.7 Å². The van der Waals surface area contributed by atoms with Crippen molar-refractivity contribution in [2.75, 3.05) is 0 Å². The fourth-order valence-corrected chi connectivity index (χ4v) is 2.61. The molecule has 0 aliphatic heterocycles. The fraction of sp³-hybridized carbons (Fsp3) is 0.167. The van der Waals surface area contributed by atoms with Gasteiger partial charge < -0.3 is 10.4 Å². The van der Waals surface area contributed by atoms with Gasteiger partial charge in [-0.3, -0.25) is 4.79 Å². The molecule has 4 nitrogen and oxygen atoms in total. The number of carbonyl (C=O) groups excluding carboxylic acids is 1. The molecule has 0 heterocycles. The zero-order valence-electron chi connectivity index (χ0n) is 9.32. The second kappa shape index (κ2) is 6.70. The molecule has 0 aromatic heterocycles. The van der Waals surface area contributed by atoms with Crippen molar-refractivity contribution in [1.29, 1.82) is 0 Å². The SMILES string of the molecule is C=CCC(NC(=O)c1cc(Br)cc(Br)c1)C(=O)O.